The van der Waals surface area contributed by atoms with E-state index in [4.69, 9.17) is 15.2 Å². The highest BCUT2D eigenvalue weighted by Gasteiger charge is 2.23. The van der Waals surface area contributed by atoms with Gasteiger partial charge in [-0.15, -0.1) is 0 Å². The fourth-order valence-electron chi connectivity index (χ4n) is 2.43. The number of methoxy groups -OCH3 is 2. The molecule has 20 heavy (non-hydrogen) atoms. The van der Waals surface area contributed by atoms with E-state index in [1.165, 1.54) is 7.11 Å². The predicted molar refractivity (Wildman–Crippen MR) is 77.8 cm³/mol. The first kappa shape index (κ1) is 14.4. The number of rotatable bonds is 4. The van der Waals surface area contributed by atoms with Crippen LogP contribution in [0.25, 0.3) is 10.9 Å². The van der Waals surface area contributed by atoms with Gasteiger partial charge in [0.1, 0.15) is 11.8 Å². The van der Waals surface area contributed by atoms with Crippen LogP contribution in [0.3, 0.4) is 0 Å². The molecule has 0 saturated heterocycles. The number of benzene rings is 1. The quantitative estimate of drug-likeness (QED) is 0.871. The summed E-state index contributed by atoms with van der Waals surface area (Å²) in [7, 11) is 2.97. The van der Waals surface area contributed by atoms with Gasteiger partial charge in [0.25, 0.3) is 0 Å². The van der Waals surface area contributed by atoms with Crippen LogP contribution in [0.1, 0.15) is 31.6 Å². The topological polar surface area (TPSA) is 66.5 Å². The summed E-state index contributed by atoms with van der Waals surface area (Å²) in [5.41, 5.74) is 7.76. The summed E-state index contributed by atoms with van der Waals surface area (Å²) < 4.78 is 12.0. The second-order valence-corrected chi connectivity index (χ2v) is 4.96. The van der Waals surface area contributed by atoms with Crippen molar-refractivity contribution in [2.45, 2.75) is 25.9 Å². The molecule has 1 atom stereocenters. The average Bonchev–Trinajstić information content (AvgIpc) is 2.83. The fourth-order valence-corrected chi connectivity index (χ4v) is 2.43. The maximum atomic E-state index is 11.7. The Balaban J connectivity index is 2.64. The minimum Gasteiger partial charge on any atom is -0.497 e. The normalized spacial score (nSPS) is 12.7. The van der Waals surface area contributed by atoms with Gasteiger partial charge in [-0.05, 0) is 38.1 Å². The largest absolute Gasteiger partial charge is 0.497 e. The molecule has 0 aliphatic carbocycles. The highest BCUT2D eigenvalue weighted by molar-refractivity contribution is 5.86. The number of fused-ring (bicyclic) bond motifs is 1. The Kier molecular flexibility index (Phi) is 3.99. The standard InChI is InChI=1S/C15H20N2O3/c1-9(2)17-12-6-5-11(19-3)7-10(12)8-13(17)14(16)15(18)20-4/h5-9,14H,16H2,1-4H3. The molecule has 108 valence electrons. The van der Waals surface area contributed by atoms with Crippen molar-refractivity contribution >= 4 is 16.9 Å². The maximum absolute atomic E-state index is 11.7. The Morgan fingerprint density at radius 3 is 2.50 bits per heavy atom. The van der Waals surface area contributed by atoms with Gasteiger partial charge in [0, 0.05) is 22.6 Å². The van der Waals surface area contributed by atoms with Crippen LogP contribution in [-0.2, 0) is 9.53 Å². The molecule has 5 nitrogen and oxygen atoms in total. The lowest BCUT2D eigenvalue weighted by atomic mass is 10.2. The molecule has 0 fully saturated rings. The molecule has 0 bridgehead atoms. The van der Waals surface area contributed by atoms with E-state index in [2.05, 4.69) is 18.4 Å². The molecule has 0 amide bonds. The molecule has 1 unspecified atom stereocenters. The van der Waals surface area contributed by atoms with Gasteiger partial charge in [-0.1, -0.05) is 0 Å². The molecule has 0 aliphatic rings. The number of hydrogen-bond acceptors (Lipinski definition) is 4. The summed E-state index contributed by atoms with van der Waals surface area (Å²) in [6, 6.07) is 7.12. The van der Waals surface area contributed by atoms with Crippen LogP contribution in [0, 0.1) is 0 Å². The van der Waals surface area contributed by atoms with Crippen molar-refractivity contribution in [3.63, 3.8) is 0 Å². The van der Waals surface area contributed by atoms with Gasteiger partial charge < -0.3 is 19.8 Å². The molecule has 0 saturated carbocycles. The van der Waals surface area contributed by atoms with E-state index in [0.717, 1.165) is 22.3 Å². The van der Waals surface area contributed by atoms with Gasteiger partial charge in [0.15, 0.2) is 0 Å². The molecule has 2 N–H and O–H groups in total. The fraction of sp³-hybridized carbons (Fsp3) is 0.400. The Bertz CT molecular complexity index is 631. The Hall–Kier alpha value is -2.01. The number of aromatic nitrogens is 1. The molecule has 2 rings (SSSR count). The third kappa shape index (κ3) is 2.36. The number of esters is 1. The minimum absolute atomic E-state index is 0.187. The van der Waals surface area contributed by atoms with Crippen molar-refractivity contribution in [2.24, 2.45) is 5.73 Å². The van der Waals surface area contributed by atoms with E-state index in [0.29, 0.717) is 0 Å². The SMILES string of the molecule is COC(=O)C(N)c1cc2cc(OC)ccc2n1C(C)C. The lowest BCUT2D eigenvalue weighted by Gasteiger charge is -2.18. The summed E-state index contributed by atoms with van der Waals surface area (Å²) in [6.45, 7) is 4.11. The number of ether oxygens (including phenoxy) is 2. The zero-order chi connectivity index (χ0) is 14.9. The first-order valence-electron chi connectivity index (χ1n) is 6.52. The summed E-state index contributed by atoms with van der Waals surface area (Å²) in [4.78, 5) is 11.7. The summed E-state index contributed by atoms with van der Waals surface area (Å²) >= 11 is 0. The molecular weight excluding hydrogens is 256 g/mol. The predicted octanol–water partition coefficient (Wildman–Crippen LogP) is 2.40. The van der Waals surface area contributed by atoms with Crippen molar-refractivity contribution < 1.29 is 14.3 Å². The lowest BCUT2D eigenvalue weighted by Crippen LogP contribution is -2.25. The van der Waals surface area contributed by atoms with Crippen LogP contribution in [0.2, 0.25) is 0 Å². The van der Waals surface area contributed by atoms with E-state index in [1.54, 1.807) is 7.11 Å². The van der Waals surface area contributed by atoms with Gasteiger partial charge in [-0.2, -0.15) is 0 Å². The Morgan fingerprint density at radius 1 is 1.25 bits per heavy atom. The van der Waals surface area contributed by atoms with Crippen molar-refractivity contribution in [1.82, 2.24) is 4.57 Å². The third-order valence-corrected chi connectivity index (χ3v) is 3.37. The zero-order valence-electron chi connectivity index (χ0n) is 12.2. The van der Waals surface area contributed by atoms with Crippen LogP contribution >= 0.6 is 0 Å². The zero-order valence-corrected chi connectivity index (χ0v) is 12.2. The molecule has 0 aliphatic heterocycles. The van der Waals surface area contributed by atoms with Crippen LogP contribution in [-0.4, -0.2) is 24.8 Å². The summed E-state index contributed by atoms with van der Waals surface area (Å²) in [5, 5.41) is 0.993. The van der Waals surface area contributed by atoms with Gasteiger partial charge in [-0.25, -0.2) is 4.79 Å². The average molecular weight is 276 g/mol. The number of nitrogens with zero attached hydrogens (tertiary/aromatic N) is 1. The number of hydrogen-bond donors (Lipinski definition) is 1. The minimum atomic E-state index is -0.791. The summed E-state index contributed by atoms with van der Waals surface area (Å²) in [5.74, 6) is 0.332. The van der Waals surface area contributed by atoms with Crippen LogP contribution in [0.4, 0.5) is 0 Å². The molecule has 2 aromatic rings. The molecule has 0 spiro atoms. The maximum Gasteiger partial charge on any atom is 0.328 e. The lowest BCUT2D eigenvalue weighted by molar-refractivity contribution is -0.142. The van der Waals surface area contributed by atoms with Gasteiger partial charge in [-0.3, -0.25) is 0 Å². The first-order chi connectivity index (χ1) is 9.49. The summed E-state index contributed by atoms with van der Waals surface area (Å²) in [6.07, 6.45) is 0. The first-order valence-corrected chi connectivity index (χ1v) is 6.52. The van der Waals surface area contributed by atoms with E-state index in [9.17, 15) is 4.79 Å². The molecule has 5 heteroatoms. The molecular formula is C15H20N2O3. The molecule has 1 aromatic carbocycles. The van der Waals surface area contributed by atoms with E-state index in [-0.39, 0.29) is 6.04 Å². The second-order valence-electron chi connectivity index (χ2n) is 4.96. The number of carbonyl (C=O) groups excluding carboxylic acids is 1. The van der Waals surface area contributed by atoms with Crippen LogP contribution in [0.5, 0.6) is 5.75 Å². The highest BCUT2D eigenvalue weighted by atomic mass is 16.5. The highest BCUT2D eigenvalue weighted by Crippen LogP contribution is 2.30. The van der Waals surface area contributed by atoms with Gasteiger partial charge >= 0.3 is 5.97 Å². The Labute approximate surface area is 118 Å². The van der Waals surface area contributed by atoms with E-state index in [1.807, 2.05) is 24.3 Å². The molecule has 1 heterocycles. The Morgan fingerprint density at radius 2 is 1.95 bits per heavy atom. The van der Waals surface area contributed by atoms with Gasteiger partial charge in [0.2, 0.25) is 0 Å². The second kappa shape index (κ2) is 5.54. The van der Waals surface area contributed by atoms with Crippen LogP contribution < -0.4 is 10.5 Å². The number of carbonyl (C=O) groups is 1. The third-order valence-electron chi connectivity index (χ3n) is 3.37. The monoisotopic (exact) mass is 276 g/mol. The van der Waals surface area contributed by atoms with E-state index < -0.39 is 12.0 Å². The van der Waals surface area contributed by atoms with Gasteiger partial charge in [0.05, 0.1) is 14.2 Å². The number of nitrogens with two attached hydrogens (primary N) is 1. The van der Waals surface area contributed by atoms with Crippen molar-refractivity contribution in [3.8, 4) is 5.75 Å². The van der Waals surface area contributed by atoms with Crippen LogP contribution in [0.15, 0.2) is 24.3 Å². The van der Waals surface area contributed by atoms with E-state index >= 15 is 0 Å². The van der Waals surface area contributed by atoms with Crippen molar-refractivity contribution in [2.75, 3.05) is 14.2 Å². The molecule has 1 aromatic heterocycles. The smallest absolute Gasteiger partial charge is 0.328 e. The molecule has 0 radical (unpaired) electrons. The van der Waals surface area contributed by atoms with Crippen molar-refractivity contribution in [3.05, 3.63) is 30.0 Å². The van der Waals surface area contributed by atoms with Crippen molar-refractivity contribution in [1.29, 1.82) is 0 Å².